The normalized spacial score (nSPS) is 16.7. The molecule has 0 spiro atoms. The van der Waals surface area contributed by atoms with E-state index in [1.807, 2.05) is 0 Å². The van der Waals surface area contributed by atoms with Crippen molar-refractivity contribution in [3.8, 4) is 5.75 Å². The maximum Gasteiger partial charge on any atom is 0.343 e. The van der Waals surface area contributed by atoms with Crippen LogP contribution in [0.5, 0.6) is 5.75 Å². The van der Waals surface area contributed by atoms with E-state index in [0.717, 1.165) is 0 Å². The molecule has 138 valence electrons. The van der Waals surface area contributed by atoms with Crippen molar-refractivity contribution in [3.05, 3.63) is 24.3 Å². The first-order chi connectivity index (χ1) is 11.8. The summed E-state index contributed by atoms with van der Waals surface area (Å²) in [5.41, 5.74) is 0.575. The highest BCUT2D eigenvalue weighted by Gasteiger charge is 2.28. The first-order valence-electron chi connectivity index (χ1n) is 7.84. The highest BCUT2D eigenvalue weighted by molar-refractivity contribution is 7.91. The summed E-state index contributed by atoms with van der Waals surface area (Å²) >= 11 is 0. The Bertz CT molecular complexity index is 703. The second-order valence-electron chi connectivity index (χ2n) is 5.81. The highest BCUT2D eigenvalue weighted by atomic mass is 32.2. The zero-order valence-electron chi connectivity index (χ0n) is 14.2. The van der Waals surface area contributed by atoms with E-state index >= 15 is 0 Å². The fourth-order valence-corrected chi connectivity index (χ4v) is 3.94. The number of carbonyl (C=O) groups is 2. The molecule has 9 heteroatoms. The van der Waals surface area contributed by atoms with Crippen molar-refractivity contribution in [1.82, 2.24) is 4.90 Å². The molecule has 1 heterocycles. The molecule has 2 amide bonds. The van der Waals surface area contributed by atoms with E-state index in [4.69, 9.17) is 4.74 Å². The third kappa shape index (κ3) is 5.63. The van der Waals surface area contributed by atoms with Crippen LogP contribution < -0.4 is 10.1 Å². The van der Waals surface area contributed by atoms with E-state index in [1.165, 1.54) is 12.0 Å². The average Bonchev–Trinajstić information content (AvgIpc) is 2.60. The van der Waals surface area contributed by atoms with Crippen LogP contribution in [0.15, 0.2) is 24.3 Å². The number of sulfone groups is 1. The van der Waals surface area contributed by atoms with E-state index in [1.54, 1.807) is 31.3 Å². The molecule has 1 saturated heterocycles. The van der Waals surface area contributed by atoms with Crippen LogP contribution in [-0.4, -0.2) is 63.6 Å². The number of ether oxygens (including phenoxy) is 2. The number of hydrogen-bond acceptors (Lipinski definition) is 6. The molecule has 0 atom stereocenters. The van der Waals surface area contributed by atoms with Gasteiger partial charge in [0, 0.05) is 18.8 Å². The number of nitrogens with one attached hydrogen (secondary N) is 1. The van der Waals surface area contributed by atoms with Crippen LogP contribution in [-0.2, 0) is 19.4 Å². The lowest BCUT2D eigenvalue weighted by molar-refractivity contribution is -0.142. The molecule has 0 saturated carbocycles. The molecule has 0 radical (unpaired) electrons. The van der Waals surface area contributed by atoms with Crippen LogP contribution >= 0.6 is 0 Å². The fraction of sp³-hybridized carbons (Fsp3) is 0.500. The lowest BCUT2D eigenvalue weighted by Crippen LogP contribution is -2.44. The van der Waals surface area contributed by atoms with E-state index in [9.17, 15) is 18.0 Å². The monoisotopic (exact) mass is 370 g/mol. The van der Waals surface area contributed by atoms with Crippen molar-refractivity contribution in [2.45, 2.75) is 18.9 Å². The van der Waals surface area contributed by atoms with Crippen LogP contribution in [0.3, 0.4) is 0 Å². The molecule has 1 aliphatic rings. The molecule has 1 aromatic carbocycles. The lowest BCUT2D eigenvalue weighted by Gasteiger charge is -2.31. The Labute approximate surface area is 147 Å². The smallest absolute Gasteiger partial charge is 0.343 e. The fourth-order valence-electron chi connectivity index (χ4n) is 2.48. The Hall–Kier alpha value is -2.29. The summed E-state index contributed by atoms with van der Waals surface area (Å²) in [6.07, 6.45) is 0.902. The van der Waals surface area contributed by atoms with Gasteiger partial charge in [-0.3, -0.25) is 0 Å². The van der Waals surface area contributed by atoms with Crippen molar-refractivity contribution in [3.63, 3.8) is 0 Å². The third-order valence-electron chi connectivity index (χ3n) is 4.08. The summed E-state index contributed by atoms with van der Waals surface area (Å²) < 4.78 is 32.6. The Morgan fingerprint density at radius 3 is 2.36 bits per heavy atom. The molecule has 1 fully saturated rings. The maximum absolute atomic E-state index is 12.3. The predicted octanol–water partition coefficient (Wildman–Crippen LogP) is 1.28. The summed E-state index contributed by atoms with van der Waals surface area (Å²) in [7, 11) is -0.0185. The maximum atomic E-state index is 12.3. The molecular formula is C16H22N2O6S. The number of benzene rings is 1. The summed E-state index contributed by atoms with van der Waals surface area (Å²) in [6.45, 7) is -0.185. The van der Waals surface area contributed by atoms with Gasteiger partial charge in [0.1, 0.15) is 15.6 Å². The van der Waals surface area contributed by atoms with Crippen molar-refractivity contribution < 1.29 is 27.5 Å². The number of rotatable bonds is 5. The average molecular weight is 370 g/mol. The molecular weight excluding hydrogens is 348 g/mol. The topological polar surface area (TPSA) is 102 Å². The van der Waals surface area contributed by atoms with E-state index in [2.05, 4.69) is 10.1 Å². The van der Waals surface area contributed by atoms with Gasteiger partial charge < -0.3 is 19.7 Å². The summed E-state index contributed by atoms with van der Waals surface area (Å²) in [5, 5.41) is 2.75. The molecule has 0 aliphatic carbocycles. The zero-order valence-corrected chi connectivity index (χ0v) is 15.0. The first-order valence-corrected chi connectivity index (χ1v) is 9.67. The number of urea groups is 1. The molecule has 2 rings (SSSR count). The van der Waals surface area contributed by atoms with Crippen molar-refractivity contribution >= 4 is 27.5 Å². The number of nitrogens with zero attached hydrogens (tertiary/aromatic N) is 1. The van der Waals surface area contributed by atoms with Gasteiger partial charge in [-0.2, -0.15) is 0 Å². The van der Waals surface area contributed by atoms with Gasteiger partial charge in [-0.15, -0.1) is 0 Å². The number of carbonyl (C=O) groups excluding carboxylic acids is 2. The minimum atomic E-state index is -2.96. The molecule has 25 heavy (non-hydrogen) atoms. The van der Waals surface area contributed by atoms with Crippen LogP contribution in [0.25, 0.3) is 0 Å². The van der Waals surface area contributed by atoms with Gasteiger partial charge in [0.05, 0.1) is 18.6 Å². The van der Waals surface area contributed by atoms with Crippen molar-refractivity contribution in [2.75, 3.05) is 37.6 Å². The Morgan fingerprint density at radius 2 is 1.80 bits per heavy atom. The van der Waals surface area contributed by atoms with Gasteiger partial charge in [0.15, 0.2) is 6.61 Å². The minimum absolute atomic E-state index is 0.0915. The summed E-state index contributed by atoms with van der Waals surface area (Å²) in [4.78, 5) is 24.8. The van der Waals surface area contributed by atoms with E-state index in [0.29, 0.717) is 24.3 Å². The summed E-state index contributed by atoms with van der Waals surface area (Å²) in [6, 6.07) is 6.18. The van der Waals surface area contributed by atoms with Gasteiger partial charge >= 0.3 is 12.0 Å². The zero-order chi connectivity index (χ0) is 18.4. The van der Waals surface area contributed by atoms with Gasteiger partial charge in [0.2, 0.25) is 0 Å². The first kappa shape index (κ1) is 19.0. The number of hydrogen-bond donors (Lipinski definition) is 1. The van der Waals surface area contributed by atoms with Crippen LogP contribution in [0.4, 0.5) is 10.5 Å². The van der Waals surface area contributed by atoms with E-state index in [-0.39, 0.29) is 30.2 Å². The van der Waals surface area contributed by atoms with Crippen LogP contribution in [0, 0.1) is 0 Å². The van der Waals surface area contributed by atoms with Crippen molar-refractivity contribution in [2.24, 2.45) is 0 Å². The molecule has 1 N–H and O–H groups in total. The van der Waals surface area contributed by atoms with Gasteiger partial charge in [-0.1, -0.05) is 0 Å². The quantitative estimate of drug-likeness (QED) is 0.784. The summed E-state index contributed by atoms with van der Waals surface area (Å²) in [5.74, 6) is 0.228. The van der Waals surface area contributed by atoms with Gasteiger partial charge in [-0.05, 0) is 37.1 Å². The second kappa shape index (κ2) is 8.19. The molecule has 1 aliphatic heterocycles. The largest absolute Gasteiger partial charge is 0.482 e. The Kier molecular flexibility index (Phi) is 6.24. The standard InChI is InChI=1S/C16H22N2O6S/c1-18(13-7-9-25(21,22)10-8-13)16(20)17-12-3-5-14(6-4-12)24-11-15(19)23-2/h3-6,13H,7-11H2,1-2H3,(H,17,20). The van der Waals surface area contributed by atoms with Crippen molar-refractivity contribution in [1.29, 1.82) is 0 Å². The number of anilines is 1. The minimum Gasteiger partial charge on any atom is -0.482 e. The molecule has 0 unspecified atom stereocenters. The van der Waals surface area contributed by atoms with Gasteiger partial charge in [-0.25, -0.2) is 18.0 Å². The molecule has 8 nitrogen and oxygen atoms in total. The third-order valence-corrected chi connectivity index (χ3v) is 5.80. The highest BCUT2D eigenvalue weighted by Crippen LogP contribution is 2.19. The molecule has 0 bridgehead atoms. The number of amides is 2. The van der Waals surface area contributed by atoms with Crippen LogP contribution in [0.2, 0.25) is 0 Å². The lowest BCUT2D eigenvalue weighted by atomic mass is 10.1. The molecule has 1 aromatic rings. The van der Waals surface area contributed by atoms with E-state index < -0.39 is 15.8 Å². The number of methoxy groups -OCH3 is 1. The van der Waals surface area contributed by atoms with Crippen LogP contribution in [0.1, 0.15) is 12.8 Å². The Morgan fingerprint density at radius 1 is 1.20 bits per heavy atom. The Balaban J connectivity index is 1.86. The number of esters is 1. The predicted molar refractivity (Wildman–Crippen MR) is 92.4 cm³/mol. The molecule has 0 aromatic heterocycles. The SMILES string of the molecule is COC(=O)COc1ccc(NC(=O)N(C)C2CCS(=O)(=O)CC2)cc1. The second-order valence-corrected chi connectivity index (χ2v) is 8.12. The van der Waals surface area contributed by atoms with Gasteiger partial charge in [0.25, 0.3) is 0 Å².